The lowest BCUT2D eigenvalue weighted by atomic mass is 9.98. The van der Waals surface area contributed by atoms with Crippen LogP contribution in [0.2, 0.25) is 0 Å². The fraction of sp³-hybridized carbons (Fsp3) is 0.800. The minimum atomic E-state index is 0.740. The summed E-state index contributed by atoms with van der Waals surface area (Å²) >= 11 is 0. The monoisotopic (exact) mass is 262 g/mol. The molecule has 1 aromatic rings. The quantitative estimate of drug-likeness (QED) is 0.896. The van der Waals surface area contributed by atoms with Gasteiger partial charge in [-0.15, -0.1) is 0 Å². The van der Waals surface area contributed by atoms with Gasteiger partial charge in [0.05, 0.1) is 5.69 Å². The van der Waals surface area contributed by atoms with Crippen molar-refractivity contribution >= 4 is 0 Å². The molecule has 3 heterocycles. The predicted molar refractivity (Wildman–Crippen MR) is 77.0 cm³/mol. The molecule has 0 amide bonds. The number of nitrogens with zero attached hydrogens (tertiary/aromatic N) is 3. The van der Waals surface area contributed by atoms with E-state index in [0.717, 1.165) is 31.1 Å². The average Bonchev–Trinajstić information content (AvgIpc) is 2.91. The highest BCUT2D eigenvalue weighted by molar-refractivity contribution is 5.17. The molecule has 4 nitrogen and oxygen atoms in total. The van der Waals surface area contributed by atoms with Gasteiger partial charge in [0.25, 0.3) is 0 Å². The number of piperidine rings is 1. The van der Waals surface area contributed by atoms with Crippen molar-refractivity contribution in [1.82, 2.24) is 20.0 Å². The maximum atomic E-state index is 4.55. The first kappa shape index (κ1) is 13.1. The van der Waals surface area contributed by atoms with Crippen molar-refractivity contribution < 1.29 is 0 Å². The van der Waals surface area contributed by atoms with Crippen LogP contribution in [0.3, 0.4) is 0 Å². The summed E-state index contributed by atoms with van der Waals surface area (Å²) in [5, 5.41) is 8.27. The molecule has 2 fully saturated rings. The molecule has 4 heteroatoms. The van der Waals surface area contributed by atoms with Gasteiger partial charge in [-0.2, -0.15) is 5.10 Å². The number of rotatable bonds is 4. The fourth-order valence-corrected chi connectivity index (χ4v) is 3.80. The van der Waals surface area contributed by atoms with Gasteiger partial charge < -0.3 is 5.32 Å². The number of aryl methyl sites for hydroxylation is 2. The zero-order valence-electron chi connectivity index (χ0n) is 12.4. The van der Waals surface area contributed by atoms with Crippen molar-refractivity contribution in [1.29, 1.82) is 0 Å². The first-order valence-corrected chi connectivity index (χ1v) is 7.63. The second-order valence-corrected chi connectivity index (χ2v) is 6.31. The SMILES string of the molecule is CCc1nn(C)cc1CN(C)C1CC2CCC(C1)N2. The van der Waals surface area contributed by atoms with Crippen molar-refractivity contribution in [3.05, 3.63) is 17.5 Å². The largest absolute Gasteiger partial charge is 0.311 e. The Morgan fingerprint density at radius 3 is 2.68 bits per heavy atom. The minimum Gasteiger partial charge on any atom is -0.311 e. The summed E-state index contributed by atoms with van der Waals surface area (Å²) in [4.78, 5) is 2.54. The van der Waals surface area contributed by atoms with E-state index in [2.05, 4.69) is 35.5 Å². The third-order valence-corrected chi connectivity index (χ3v) is 4.82. The molecule has 2 aliphatic rings. The molecule has 0 saturated carbocycles. The van der Waals surface area contributed by atoms with Gasteiger partial charge in [-0.3, -0.25) is 9.58 Å². The summed E-state index contributed by atoms with van der Waals surface area (Å²) in [5.41, 5.74) is 2.66. The Kier molecular flexibility index (Phi) is 3.63. The molecule has 2 aliphatic heterocycles. The molecule has 1 N–H and O–H groups in total. The first-order valence-electron chi connectivity index (χ1n) is 7.63. The molecule has 3 rings (SSSR count). The maximum Gasteiger partial charge on any atom is 0.0666 e. The highest BCUT2D eigenvalue weighted by Gasteiger charge is 2.35. The summed E-state index contributed by atoms with van der Waals surface area (Å²) in [6.07, 6.45) is 8.60. The molecule has 19 heavy (non-hydrogen) atoms. The van der Waals surface area contributed by atoms with Crippen LogP contribution in [-0.4, -0.2) is 39.9 Å². The number of nitrogens with one attached hydrogen (secondary N) is 1. The summed E-state index contributed by atoms with van der Waals surface area (Å²) in [5.74, 6) is 0. The zero-order valence-corrected chi connectivity index (χ0v) is 12.4. The van der Waals surface area contributed by atoms with E-state index in [1.165, 1.54) is 36.9 Å². The molecule has 1 aromatic heterocycles. The Hall–Kier alpha value is -0.870. The van der Waals surface area contributed by atoms with E-state index < -0.39 is 0 Å². The van der Waals surface area contributed by atoms with E-state index in [-0.39, 0.29) is 0 Å². The molecule has 2 atom stereocenters. The Labute approximate surface area is 116 Å². The minimum absolute atomic E-state index is 0.740. The van der Waals surface area contributed by atoms with Gasteiger partial charge in [-0.1, -0.05) is 6.92 Å². The van der Waals surface area contributed by atoms with Crippen LogP contribution in [0.1, 0.15) is 43.9 Å². The van der Waals surface area contributed by atoms with Crippen LogP contribution >= 0.6 is 0 Å². The van der Waals surface area contributed by atoms with Crippen LogP contribution in [0.4, 0.5) is 0 Å². The molecule has 0 spiro atoms. The zero-order chi connectivity index (χ0) is 13.4. The molecule has 0 aromatic carbocycles. The summed E-state index contributed by atoms with van der Waals surface area (Å²) in [7, 11) is 4.30. The van der Waals surface area contributed by atoms with Gasteiger partial charge >= 0.3 is 0 Å². The topological polar surface area (TPSA) is 33.1 Å². The van der Waals surface area contributed by atoms with E-state index >= 15 is 0 Å². The first-order chi connectivity index (χ1) is 9.15. The molecule has 2 bridgehead atoms. The molecule has 106 valence electrons. The van der Waals surface area contributed by atoms with Crippen LogP contribution in [-0.2, 0) is 20.0 Å². The number of hydrogen-bond donors (Lipinski definition) is 1. The second-order valence-electron chi connectivity index (χ2n) is 6.31. The van der Waals surface area contributed by atoms with Crippen LogP contribution < -0.4 is 5.32 Å². The van der Waals surface area contributed by atoms with Gasteiger partial charge in [0.15, 0.2) is 0 Å². The van der Waals surface area contributed by atoms with E-state index in [9.17, 15) is 0 Å². The Balaban J connectivity index is 1.65. The third kappa shape index (κ3) is 2.70. The van der Waals surface area contributed by atoms with Crippen LogP contribution in [0.15, 0.2) is 6.20 Å². The van der Waals surface area contributed by atoms with Crippen molar-refractivity contribution in [3.63, 3.8) is 0 Å². The Morgan fingerprint density at radius 1 is 1.37 bits per heavy atom. The van der Waals surface area contributed by atoms with Crippen LogP contribution in [0.5, 0.6) is 0 Å². The average molecular weight is 262 g/mol. The van der Waals surface area contributed by atoms with E-state index in [1.54, 1.807) is 0 Å². The third-order valence-electron chi connectivity index (χ3n) is 4.82. The summed E-state index contributed by atoms with van der Waals surface area (Å²) in [6.45, 7) is 3.23. The second kappa shape index (κ2) is 5.25. The van der Waals surface area contributed by atoms with E-state index in [4.69, 9.17) is 0 Å². The summed E-state index contributed by atoms with van der Waals surface area (Å²) in [6, 6.07) is 2.28. The molecule has 2 saturated heterocycles. The van der Waals surface area contributed by atoms with E-state index in [0.29, 0.717) is 0 Å². The van der Waals surface area contributed by atoms with E-state index in [1.807, 2.05) is 11.7 Å². The Morgan fingerprint density at radius 2 is 2.05 bits per heavy atom. The van der Waals surface area contributed by atoms with Gasteiger partial charge in [0, 0.05) is 43.5 Å². The van der Waals surface area contributed by atoms with Crippen LogP contribution in [0.25, 0.3) is 0 Å². The standard InChI is InChI=1S/C15H26N4/c1-4-15-11(10-19(3)17-15)9-18(2)14-7-12-5-6-13(8-14)16-12/h10,12-14,16H,4-9H2,1-3H3. The highest BCUT2D eigenvalue weighted by Crippen LogP contribution is 2.30. The normalized spacial score (nSPS) is 30.2. The van der Waals surface area contributed by atoms with Crippen molar-refractivity contribution in [3.8, 4) is 0 Å². The smallest absolute Gasteiger partial charge is 0.0666 e. The molecule has 2 unspecified atom stereocenters. The fourth-order valence-electron chi connectivity index (χ4n) is 3.80. The maximum absolute atomic E-state index is 4.55. The van der Waals surface area contributed by atoms with Gasteiger partial charge in [-0.05, 0) is 39.2 Å². The van der Waals surface area contributed by atoms with Crippen molar-refractivity contribution in [2.75, 3.05) is 7.05 Å². The van der Waals surface area contributed by atoms with Crippen LogP contribution in [0, 0.1) is 0 Å². The lowest BCUT2D eigenvalue weighted by Crippen LogP contribution is -2.46. The van der Waals surface area contributed by atoms with Gasteiger partial charge in [0.2, 0.25) is 0 Å². The van der Waals surface area contributed by atoms with Gasteiger partial charge in [-0.25, -0.2) is 0 Å². The number of hydrogen-bond acceptors (Lipinski definition) is 3. The van der Waals surface area contributed by atoms with Crippen molar-refractivity contribution in [2.24, 2.45) is 7.05 Å². The molecular weight excluding hydrogens is 236 g/mol. The lowest BCUT2D eigenvalue weighted by molar-refractivity contribution is 0.165. The molecule has 0 radical (unpaired) electrons. The Bertz CT molecular complexity index is 427. The number of aromatic nitrogens is 2. The molecular formula is C15H26N4. The van der Waals surface area contributed by atoms with Gasteiger partial charge in [0.1, 0.15) is 0 Å². The number of fused-ring (bicyclic) bond motifs is 2. The predicted octanol–water partition coefficient (Wildman–Crippen LogP) is 1.70. The molecule has 0 aliphatic carbocycles. The highest BCUT2D eigenvalue weighted by atomic mass is 15.3. The summed E-state index contributed by atoms with van der Waals surface area (Å²) < 4.78 is 1.95. The van der Waals surface area contributed by atoms with Crippen molar-refractivity contribution in [2.45, 2.75) is 63.7 Å². The lowest BCUT2D eigenvalue weighted by Gasteiger charge is -2.35.